The molecule has 0 saturated carbocycles. The molecular formula is C66H43BN4. The lowest BCUT2D eigenvalue weighted by Gasteiger charge is -2.37. The van der Waals surface area contributed by atoms with Crippen molar-refractivity contribution in [2.75, 3.05) is 0 Å². The van der Waals surface area contributed by atoms with Crippen LogP contribution < -0.4 is 16.4 Å². The number of nitrogens with zero attached hydrogens (tertiary/aromatic N) is 4. The fourth-order valence-electron chi connectivity index (χ4n) is 13.9. The summed E-state index contributed by atoms with van der Waals surface area (Å²) in [5, 5.41) is 11.8. The smallest absolute Gasteiger partial charge is 0.234 e. The summed E-state index contributed by atoms with van der Waals surface area (Å²) in [7, 11) is 0. The molecule has 0 fully saturated rings. The van der Waals surface area contributed by atoms with Gasteiger partial charge in [-0.05, 0) is 120 Å². The number of aromatic nitrogens is 4. The largest absolute Gasteiger partial charge is 0.252 e. The maximum atomic E-state index is 9.42. The van der Waals surface area contributed by atoms with Crippen LogP contribution in [0.4, 0.5) is 0 Å². The predicted molar refractivity (Wildman–Crippen MR) is 290 cm³/mol. The van der Waals surface area contributed by atoms with E-state index in [4.69, 9.17) is 10.2 Å². The Labute approximate surface area is 420 Å². The summed E-state index contributed by atoms with van der Waals surface area (Å²) in [6, 6.07) is 78.3. The van der Waals surface area contributed by atoms with Crippen LogP contribution in [0.25, 0.3) is 66.6 Å². The first kappa shape index (κ1) is 33.7. The van der Waals surface area contributed by atoms with Crippen LogP contribution >= 0.6 is 0 Å². The van der Waals surface area contributed by atoms with Crippen LogP contribution in [0.2, 0.25) is 0 Å². The Balaban J connectivity index is 1.14. The fourth-order valence-corrected chi connectivity index (χ4v) is 13.9. The standard InChI is InChI=1S/C66H43BN4/c1-40-58-60-48-32-18-20-34-50(48)65(44-24-10-4-11-25-44,45-26-12-5-13-27-45)52(60)38-54-63(58)70(68-40)56-36-43(42-22-8-3-9-23-42)37-57-62(56)67(54)55-39-53-61(59-41(2)69-71(57)64(55)59)49-33-19-21-35-51(49)66(53,46-28-14-6-15-29-46)47-30-16-7-17-31-47/h3-39H,1-2H3/i1D3,2D3. The average molecular weight is 909 g/mol. The third kappa shape index (κ3) is 4.72. The van der Waals surface area contributed by atoms with Crippen molar-refractivity contribution in [3.63, 3.8) is 0 Å². The summed E-state index contributed by atoms with van der Waals surface area (Å²) in [5.74, 6) is 0. The molecule has 2 aliphatic carbocycles. The van der Waals surface area contributed by atoms with Gasteiger partial charge in [0.15, 0.2) is 0 Å². The number of aryl methyl sites for hydroxylation is 2. The van der Waals surface area contributed by atoms with Gasteiger partial charge in [-0.2, -0.15) is 10.2 Å². The summed E-state index contributed by atoms with van der Waals surface area (Å²) < 4.78 is 60.3. The van der Waals surface area contributed by atoms with Gasteiger partial charge in [0.25, 0.3) is 6.71 Å². The van der Waals surface area contributed by atoms with Crippen LogP contribution in [0.1, 0.15) is 64.1 Å². The highest BCUT2D eigenvalue weighted by Gasteiger charge is 2.53. The van der Waals surface area contributed by atoms with Crippen LogP contribution in [-0.4, -0.2) is 26.3 Å². The van der Waals surface area contributed by atoms with E-state index in [9.17, 15) is 8.22 Å². The molecule has 10 aromatic carbocycles. The van der Waals surface area contributed by atoms with E-state index in [1.54, 1.807) is 0 Å². The molecule has 4 aliphatic rings. The van der Waals surface area contributed by atoms with Gasteiger partial charge in [0, 0.05) is 19.0 Å². The van der Waals surface area contributed by atoms with Crippen molar-refractivity contribution < 1.29 is 8.22 Å². The molecule has 4 nitrogen and oxygen atoms in total. The highest BCUT2D eigenvalue weighted by atomic mass is 15.3. The van der Waals surface area contributed by atoms with E-state index >= 15 is 0 Å². The van der Waals surface area contributed by atoms with Crippen LogP contribution in [0, 0.1) is 13.7 Å². The topological polar surface area (TPSA) is 35.6 Å². The van der Waals surface area contributed by atoms with E-state index in [2.05, 4.69) is 170 Å². The lowest BCUT2D eigenvalue weighted by molar-refractivity contribution is 0.769. The first-order valence-electron chi connectivity index (χ1n) is 27.4. The highest BCUT2D eigenvalue weighted by molar-refractivity contribution is 7.00. The second-order valence-corrected chi connectivity index (χ2v) is 19.5. The van der Waals surface area contributed by atoms with Crippen molar-refractivity contribution in [3.05, 3.63) is 280 Å². The van der Waals surface area contributed by atoms with Crippen molar-refractivity contribution in [3.8, 4) is 44.8 Å². The molecule has 2 aromatic heterocycles. The maximum absolute atomic E-state index is 9.42. The number of rotatable bonds is 5. The first-order valence-corrected chi connectivity index (χ1v) is 24.4. The second kappa shape index (κ2) is 13.9. The zero-order valence-electron chi connectivity index (χ0n) is 44.2. The number of benzene rings is 10. The van der Waals surface area contributed by atoms with Gasteiger partial charge < -0.3 is 0 Å². The van der Waals surface area contributed by atoms with Crippen molar-refractivity contribution >= 4 is 44.9 Å². The van der Waals surface area contributed by atoms with Crippen LogP contribution in [-0.2, 0) is 10.8 Å². The van der Waals surface area contributed by atoms with E-state index in [0.29, 0.717) is 33.2 Å². The molecule has 0 bridgehead atoms. The Morgan fingerprint density at radius 1 is 0.394 bits per heavy atom. The molecule has 0 radical (unpaired) electrons. The van der Waals surface area contributed by atoms with E-state index in [0.717, 1.165) is 94.3 Å². The normalized spacial score (nSPS) is 16.1. The lowest BCUT2D eigenvalue weighted by atomic mass is 9.33. The SMILES string of the molecule is [2H]C([2H])([2H])c1nn2c3c(cc4c(c13)-c1ccccc1C4(c1ccccc1)c1ccccc1)B1c3c-2cc(-c2ccccc2)cc3-n2nc(C([2H])([2H])[2H])c3c4c(cc1c32)C(c1ccccc1)(c1ccccc1)c1ccccc1-4. The first-order chi connectivity index (χ1) is 37.5. The molecular weight excluding hydrogens is 860 g/mol. The Kier molecular flexibility index (Phi) is 6.60. The van der Waals surface area contributed by atoms with E-state index < -0.39 is 31.2 Å². The van der Waals surface area contributed by atoms with Crippen LogP contribution in [0.5, 0.6) is 0 Å². The highest BCUT2D eigenvalue weighted by Crippen LogP contribution is 2.60. The minimum Gasteiger partial charge on any atom is -0.234 e. The summed E-state index contributed by atoms with van der Waals surface area (Å²) in [6.45, 7) is -5.82. The minimum atomic E-state index is -2.63. The molecule has 12 aromatic rings. The summed E-state index contributed by atoms with van der Waals surface area (Å²) in [4.78, 5) is 0. The molecule has 71 heavy (non-hydrogen) atoms. The monoisotopic (exact) mass is 908 g/mol. The summed E-state index contributed by atoms with van der Waals surface area (Å²) in [6.07, 6.45) is 0. The molecule has 0 amide bonds. The minimum absolute atomic E-state index is 0.0268. The van der Waals surface area contributed by atoms with Gasteiger partial charge >= 0.3 is 0 Å². The van der Waals surface area contributed by atoms with Gasteiger partial charge in [0.1, 0.15) is 0 Å². The fraction of sp³-hybridized carbons (Fsp3) is 0.0606. The molecule has 0 spiro atoms. The number of hydrogen-bond donors (Lipinski definition) is 0. The van der Waals surface area contributed by atoms with Gasteiger partial charge in [0.2, 0.25) is 0 Å². The molecule has 0 atom stereocenters. The van der Waals surface area contributed by atoms with Gasteiger partial charge in [-0.3, -0.25) is 0 Å². The van der Waals surface area contributed by atoms with Crippen molar-refractivity contribution in [1.82, 2.24) is 19.6 Å². The van der Waals surface area contributed by atoms with Crippen LogP contribution in [0.15, 0.2) is 224 Å². The number of fused-ring (bicyclic) bond motifs is 12. The molecule has 4 heterocycles. The van der Waals surface area contributed by atoms with Gasteiger partial charge in [-0.1, -0.05) is 212 Å². The van der Waals surface area contributed by atoms with Crippen molar-refractivity contribution in [2.45, 2.75) is 24.5 Å². The number of hydrogen-bond acceptors (Lipinski definition) is 2. The quantitative estimate of drug-likeness (QED) is 0.161. The lowest BCUT2D eigenvalue weighted by Crippen LogP contribution is -2.60. The van der Waals surface area contributed by atoms with Gasteiger partial charge in [-0.25, -0.2) is 9.36 Å². The molecule has 2 aliphatic heterocycles. The summed E-state index contributed by atoms with van der Waals surface area (Å²) >= 11 is 0. The average Bonchev–Trinajstić information content (AvgIpc) is 4.37. The molecule has 5 heteroatoms. The molecule has 0 N–H and O–H groups in total. The predicted octanol–water partition coefficient (Wildman–Crippen LogP) is 12.5. The van der Waals surface area contributed by atoms with Gasteiger partial charge in [0.05, 0.1) is 44.6 Å². The summed E-state index contributed by atoms with van der Waals surface area (Å²) in [5.41, 5.74) is 17.4. The van der Waals surface area contributed by atoms with Gasteiger partial charge in [-0.15, -0.1) is 0 Å². The second-order valence-electron chi connectivity index (χ2n) is 19.5. The van der Waals surface area contributed by atoms with Crippen LogP contribution in [0.3, 0.4) is 0 Å². The van der Waals surface area contributed by atoms with E-state index in [1.807, 2.05) is 64.0 Å². The Bertz CT molecular complexity index is 4130. The zero-order chi connectivity index (χ0) is 51.7. The van der Waals surface area contributed by atoms with Crippen molar-refractivity contribution in [1.29, 1.82) is 0 Å². The zero-order valence-corrected chi connectivity index (χ0v) is 38.2. The van der Waals surface area contributed by atoms with E-state index in [1.165, 1.54) is 0 Å². The molecule has 330 valence electrons. The Hall–Kier alpha value is -8.80. The third-order valence-electron chi connectivity index (χ3n) is 16.4. The van der Waals surface area contributed by atoms with E-state index in [-0.39, 0.29) is 11.4 Å². The molecule has 16 rings (SSSR count). The Morgan fingerprint density at radius 3 is 1.15 bits per heavy atom. The third-order valence-corrected chi connectivity index (χ3v) is 16.4. The Morgan fingerprint density at radius 2 is 0.761 bits per heavy atom. The molecule has 0 saturated heterocycles. The molecule has 0 unspecified atom stereocenters. The maximum Gasteiger partial charge on any atom is 0.252 e. The van der Waals surface area contributed by atoms with Crippen molar-refractivity contribution in [2.24, 2.45) is 0 Å².